The number of guanidine groups is 1. The molecule has 0 aliphatic carbocycles. The number of nitrogens with one attached hydrogen (secondary N) is 2. The van der Waals surface area contributed by atoms with Crippen molar-refractivity contribution in [1.82, 2.24) is 10.8 Å². The molecule has 11 heteroatoms. The van der Waals surface area contributed by atoms with Crippen LogP contribution < -0.4 is 10.8 Å². The van der Waals surface area contributed by atoms with E-state index >= 15 is 0 Å². The second-order valence-electron chi connectivity index (χ2n) is 3.62. The van der Waals surface area contributed by atoms with Crippen molar-refractivity contribution in [3.8, 4) is 0 Å². The number of ether oxygens (including phenoxy) is 1. The van der Waals surface area contributed by atoms with Crippen molar-refractivity contribution in [2.75, 3.05) is 7.05 Å². The zero-order chi connectivity index (χ0) is 16.6. The van der Waals surface area contributed by atoms with E-state index in [9.17, 15) is 22.2 Å². The molecule has 0 radical (unpaired) electrons. The highest BCUT2D eigenvalue weighted by atomic mass is 32.2. The summed E-state index contributed by atoms with van der Waals surface area (Å²) in [5.74, 6) is -0.490. The summed E-state index contributed by atoms with van der Waals surface area (Å²) < 4.78 is 55.1. The van der Waals surface area contributed by atoms with Gasteiger partial charge in [0.25, 0.3) is 11.1 Å². The number of amides is 1. The van der Waals surface area contributed by atoms with Crippen LogP contribution in [-0.4, -0.2) is 28.8 Å². The highest BCUT2D eigenvalue weighted by Gasteiger charge is 2.39. The fourth-order valence-electron chi connectivity index (χ4n) is 1.11. The first-order chi connectivity index (χ1) is 10.3. The van der Waals surface area contributed by atoms with E-state index in [-0.39, 0.29) is 6.61 Å². The second-order valence-corrected chi connectivity index (χ2v) is 4.72. The average molecular weight is 339 g/mol. The minimum absolute atomic E-state index is 0.0427. The Morgan fingerprint density at radius 1 is 1.32 bits per heavy atom. The van der Waals surface area contributed by atoms with Crippen LogP contribution in [0.1, 0.15) is 5.56 Å². The van der Waals surface area contributed by atoms with Gasteiger partial charge in [-0.25, -0.2) is 14.5 Å². The van der Waals surface area contributed by atoms with Gasteiger partial charge in [0.2, 0.25) is 5.96 Å². The first-order valence-electron chi connectivity index (χ1n) is 5.69. The van der Waals surface area contributed by atoms with E-state index in [4.69, 9.17) is 4.74 Å². The first-order valence-corrected chi connectivity index (χ1v) is 6.77. The van der Waals surface area contributed by atoms with Crippen molar-refractivity contribution < 1.29 is 31.2 Å². The van der Waals surface area contributed by atoms with Gasteiger partial charge in [-0.1, -0.05) is 30.3 Å². The number of alkyl halides is 3. The summed E-state index contributed by atoms with van der Waals surface area (Å²) in [6, 6.07) is 8.72. The summed E-state index contributed by atoms with van der Waals surface area (Å²) in [5.41, 5.74) is -2.72. The van der Waals surface area contributed by atoms with Gasteiger partial charge in [0, 0.05) is 7.05 Å². The van der Waals surface area contributed by atoms with Crippen LogP contribution in [0.5, 0.6) is 0 Å². The molecule has 1 aromatic carbocycles. The predicted octanol–water partition coefficient (Wildman–Crippen LogP) is 1.60. The lowest BCUT2D eigenvalue weighted by Crippen LogP contribution is -2.42. The van der Waals surface area contributed by atoms with Crippen LogP contribution in [0.25, 0.3) is 0 Å². The van der Waals surface area contributed by atoms with Gasteiger partial charge in [0.05, 0.1) is 0 Å². The molecular weight excluding hydrogens is 327 g/mol. The Labute approximate surface area is 126 Å². The Morgan fingerprint density at radius 2 is 1.95 bits per heavy atom. The van der Waals surface area contributed by atoms with Gasteiger partial charge in [-0.05, 0) is 5.56 Å². The van der Waals surface area contributed by atoms with Crippen LogP contribution >= 0.6 is 0 Å². The Kier molecular flexibility index (Phi) is 6.79. The number of hydroxylamine groups is 1. The Balaban J connectivity index is 2.39. The molecule has 1 aromatic rings. The number of nitrogens with zero attached hydrogens (tertiary/aromatic N) is 1. The highest BCUT2D eigenvalue weighted by molar-refractivity contribution is 7.81. The molecule has 122 valence electrons. The van der Waals surface area contributed by atoms with E-state index in [1.54, 1.807) is 35.8 Å². The molecule has 0 aromatic heterocycles. The molecule has 22 heavy (non-hydrogen) atoms. The molecule has 1 atom stereocenters. The molecule has 7 nitrogen and oxygen atoms in total. The molecule has 1 rings (SSSR count). The zero-order valence-electron chi connectivity index (χ0n) is 11.2. The van der Waals surface area contributed by atoms with Gasteiger partial charge >= 0.3 is 11.6 Å². The highest BCUT2D eigenvalue weighted by Crippen LogP contribution is 2.19. The number of hydrogen-bond donors (Lipinski definition) is 2. The molecule has 1 unspecified atom stereocenters. The molecular formula is C11H12F3N3O4S. The Morgan fingerprint density at radius 3 is 2.50 bits per heavy atom. The van der Waals surface area contributed by atoms with E-state index in [1.165, 1.54) is 7.05 Å². The van der Waals surface area contributed by atoms with Gasteiger partial charge < -0.3 is 4.74 Å². The fourth-order valence-corrected chi connectivity index (χ4v) is 1.36. The summed E-state index contributed by atoms with van der Waals surface area (Å²) in [7, 11) is 1.17. The third-order valence-electron chi connectivity index (χ3n) is 2.06. The van der Waals surface area contributed by atoms with Crippen LogP contribution in [0.15, 0.2) is 35.3 Å². The van der Waals surface area contributed by atoms with Crippen molar-refractivity contribution in [2.45, 2.75) is 12.1 Å². The number of carbonyl (C=O) groups excluding carboxylic acids is 1. The molecule has 0 spiro atoms. The van der Waals surface area contributed by atoms with Crippen molar-refractivity contribution >= 4 is 23.1 Å². The van der Waals surface area contributed by atoms with Crippen LogP contribution in [-0.2, 0) is 26.7 Å². The van der Waals surface area contributed by atoms with Gasteiger partial charge in [0.15, 0.2) is 0 Å². The first kappa shape index (κ1) is 17.9. The van der Waals surface area contributed by atoms with E-state index < -0.39 is 28.6 Å². The zero-order valence-corrected chi connectivity index (χ0v) is 12.0. The second kappa shape index (κ2) is 8.34. The number of benzene rings is 1. The minimum Gasteiger partial charge on any atom is -0.444 e. The average Bonchev–Trinajstić information content (AvgIpc) is 2.49. The number of carbonyl (C=O) groups is 1. The molecule has 1 amide bonds. The summed E-state index contributed by atoms with van der Waals surface area (Å²) in [4.78, 5) is 14.8. The predicted molar refractivity (Wildman–Crippen MR) is 71.5 cm³/mol. The fraction of sp³-hybridized carbons (Fsp3) is 0.273. The standard InChI is InChI=1S/C11H12F3N3O4S/c1-15-9(17-21-22(19)11(12,13)14)16-10(18)20-7-8-5-3-2-4-6-8/h2-6H,7H2,1H3,(H2,15,16,17,18). The number of hydrogen-bond acceptors (Lipinski definition) is 5. The maximum atomic E-state index is 12.0. The molecule has 0 saturated heterocycles. The largest absolute Gasteiger partial charge is 0.499 e. The van der Waals surface area contributed by atoms with Gasteiger partial charge in [-0.15, -0.1) is 0 Å². The van der Waals surface area contributed by atoms with Gasteiger partial charge in [-0.3, -0.25) is 10.3 Å². The van der Waals surface area contributed by atoms with Crippen LogP contribution in [0.2, 0.25) is 0 Å². The topological polar surface area (TPSA) is 89.0 Å². The Bertz CT molecular complexity index is 551. The molecule has 0 saturated carbocycles. The monoisotopic (exact) mass is 339 g/mol. The molecule has 0 aliphatic heterocycles. The van der Waals surface area contributed by atoms with Crippen LogP contribution in [0.3, 0.4) is 0 Å². The molecule has 0 fully saturated rings. The minimum atomic E-state index is -5.06. The van der Waals surface area contributed by atoms with Crippen LogP contribution in [0, 0.1) is 0 Å². The maximum Gasteiger partial charge on any atom is 0.499 e. The van der Waals surface area contributed by atoms with Crippen molar-refractivity contribution in [3.05, 3.63) is 35.9 Å². The van der Waals surface area contributed by atoms with E-state index in [1.807, 2.05) is 5.32 Å². The summed E-state index contributed by atoms with van der Waals surface area (Å²) in [5, 5.41) is 1.99. The lowest BCUT2D eigenvalue weighted by Gasteiger charge is -2.11. The number of halogens is 3. The smallest absolute Gasteiger partial charge is 0.444 e. The third kappa shape index (κ3) is 6.54. The third-order valence-corrected chi connectivity index (χ3v) is 2.67. The molecule has 0 heterocycles. The SMILES string of the molecule is CN=C(NOS(=O)C(F)(F)F)NC(=O)OCc1ccccc1. The number of rotatable bonds is 4. The molecule has 0 bridgehead atoms. The maximum absolute atomic E-state index is 12.0. The lowest BCUT2D eigenvalue weighted by molar-refractivity contribution is -0.0489. The van der Waals surface area contributed by atoms with E-state index in [0.717, 1.165) is 5.56 Å². The number of aliphatic imine (C=N–C) groups is 1. The van der Waals surface area contributed by atoms with E-state index in [2.05, 4.69) is 9.28 Å². The van der Waals surface area contributed by atoms with Crippen molar-refractivity contribution in [2.24, 2.45) is 4.99 Å². The van der Waals surface area contributed by atoms with Crippen LogP contribution in [0.4, 0.5) is 18.0 Å². The number of alkyl carbamates (subject to hydrolysis) is 1. The quantitative estimate of drug-likeness (QED) is 0.494. The summed E-state index contributed by atoms with van der Waals surface area (Å²) in [6.45, 7) is -0.0427. The summed E-state index contributed by atoms with van der Waals surface area (Å²) in [6.07, 6.45) is -0.974. The summed E-state index contributed by atoms with van der Waals surface area (Å²) >= 11 is -3.59. The molecule has 2 N–H and O–H groups in total. The van der Waals surface area contributed by atoms with Gasteiger partial charge in [0.1, 0.15) is 6.61 Å². The van der Waals surface area contributed by atoms with E-state index in [0.29, 0.717) is 0 Å². The normalized spacial score (nSPS) is 13.4. The van der Waals surface area contributed by atoms with Crippen molar-refractivity contribution in [1.29, 1.82) is 0 Å². The Hall–Kier alpha value is -2.14. The van der Waals surface area contributed by atoms with Gasteiger partial charge in [-0.2, -0.15) is 17.5 Å². The molecule has 0 aliphatic rings. The lowest BCUT2D eigenvalue weighted by atomic mass is 10.2. The van der Waals surface area contributed by atoms with Crippen molar-refractivity contribution in [3.63, 3.8) is 0 Å².